The second kappa shape index (κ2) is 4.58. The molecule has 0 unspecified atom stereocenters. The van der Waals surface area contributed by atoms with Gasteiger partial charge in [0.25, 0.3) is 0 Å². The van der Waals surface area contributed by atoms with E-state index in [-0.39, 0.29) is 6.61 Å². The molecule has 74 valence electrons. The number of benzene rings is 1. The van der Waals surface area contributed by atoms with E-state index in [1.54, 1.807) is 31.2 Å². The summed E-state index contributed by atoms with van der Waals surface area (Å²) >= 11 is 0. The molecule has 0 amide bonds. The van der Waals surface area contributed by atoms with Crippen LogP contribution in [0.1, 0.15) is 21.5 Å². The van der Waals surface area contributed by atoms with Gasteiger partial charge >= 0.3 is 5.97 Å². The molecule has 0 heterocycles. The fourth-order valence-electron chi connectivity index (χ4n) is 1.16. The zero-order chi connectivity index (χ0) is 10.6. The molecule has 0 saturated carbocycles. The maximum atomic E-state index is 10.8. The first-order chi connectivity index (χ1) is 6.65. The second-order valence-electron chi connectivity index (χ2n) is 2.96. The number of aliphatic hydroxyl groups excluding tert-OH is 1. The first-order valence-electron chi connectivity index (χ1n) is 4.26. The van der Waals surface area contributed by atoms with Crippen molar-refractivity contribution in [2.45, 2.75) is 6.92 Å². The lowest BCUT2D eigenvalue weighted by atomic mass is 10.0. The van der Waals surface area contributed by atoms with E-state index in [0.29, 0.717) is 5.56 Å². The molecular formula is C11H12O3. The number of carboxylic acid groups (broad SMARTS) is 1. The molecule has 0 aliphatic heterocycles. The summed E-state index contributed by atoms with van der Waals surface area (Å²) in [4.78, 5) is 10.8. The first kappa shape index (κ1) is 10.5. The van der Waals surface area contributed by atoms with Gasteiger partial charge in [-0.1, -0.05) is 24.3 Å². The lowest BCUT2D eigenvalue weighted by Crippen LogP contribution is -1.99. The molecule has 1 aromatic carbocycles. The van der Waals surface area contributed by atoms with Crippen LogP contribution in [0.25, 0.3) is 6.08 Å². The van der Waals surface area contributed by atoms with Crippen molar-refractivity contribution in [1.29, 1.82) is 0 Å². The molecule has 0 aromatic heterocycles. The predicted molar refractivity (Wildman–Crippen MR) is 54.3 cm³/mol. The molecule has 3 heteroatoms. The van der Waals surface area contributed by atoms with Crippen molar-refractivity contribution in [3.05, 3.63) is 41.0 Å². The molecule has 1 aromatic rings. The smallest absolute Gasteiger partial charge is 0.335 e. The molecule has 1 rings (SSSR count). The van der Waals surface area contributed by atoms with Crippen molar-refractivity contribution >= 4 is 12.0 Å². The van der Waals surface area contributed by atoms with Gasteiger partial charge in [0.1, 0.15) is 0 Å². The third kappa shape index (κ3) is 2.44. The predicted octanol–water partition coefficient (Wildman–Crippen LogP) is 1.70. The molecular weight excluding hydrogens is 180 g/mol. The second-order valence-corrected chi connectivity index (χ2v) is 2.96. The van der Waals surface area contributed by atoms with Crippen LogP contribution in [0.5, 0.6) is 0 Å². The van der Waals surface area contributed by atoms with Crippen molar-refractivity contribution in [3.8, 4) is 0 Å². The van der Waals surface area contributed by atoms with Gasteiger partial charge in [-0.15, -0.1) is 0 Å². The summed E-state index contributed by atoms with van der Waals surface area (Å²) in [6.45, 7) is 1.71. The molecule has 2 N–H and O–H groups in total. The molecule has 0 atom stereocenters. The number of hydrogen-bond donors (Lipinski definition) is 2. The first-order valence-corrected chi connectivity index (χ1v) is 4.26. The van der Waals surface area contributed by atoms with E-state index in [9.17, 15) is 4.79 Å². The quantitative estimate of drug-likeness (QED) is 0.766. The Kier molecular flexibility index (Phi) is 3.42. The average molecular weight is 192 g/mol. The van der Waals surface area contributed by atoms with Gasteiger partial charge in [-0.05, 0) is 24.1 Å². The number of aryl methyl sites for hydroxylation is 1. The van der Waals surface area contributed by atoms with Crippen LogP contribution in [0.3, 0.4) is 0 Å². The lowest BCUT2D eigenvalue weighted by molar-refractivity contribution is 0.0696. The van der Waals surface area contributed by atoms with Crippen LogP contribution < -0.4 is 0 Å². The average Bonchev–Trinajstić information content (AvgIpc) is 2.16. The highest BCUT2D eigenvalue weighted by atomic mass is 16.4. The molecule has 0 saturated heterocycles. The van der Waals surface area contributed by atoms with Gasteiger partial charge < -0.3 is 10.2 Å². The van der Waals surface area contributed by atoms with Gasteiger partial charge in [-0.25, -0.2) is 4.79 Å². The molecule has 0 bridgehead atoms. The van der Waals surface area contributed by atoms with Crippen molar-refractivity contribution in [3.63, 3.8) is 0 Å². The Morgan fingerprint density at radius 2 is 2.21 bits per heavy atom. The molecule has 0 radical (unpaired) electrons. The minimum absolute atomic E-state index is 0.0454. The highest BCUT2D eigenvalue weighted by molar-refractivity contribution is 5.90. The SMILES string of the molecule is Cc1ccc(C=CCO)cc1C(=O)O. The summed E-state index contributed by atoms with van der Waals surface area (Å²) in [5.41, 5.74) is 1.81. The highest BCUT2D eigenvalue weighted by Gasteiger charge is 2.06. The van der Waals surface area contributed by atoms with E-state index >= 15 is 0 Å². The zero-order valence-electron chi connectivity index (χ0n) is 7.90. The molecule has 0 aliphatic rings. The minimum atomic E-state index is -0.929. The third-order valence-corrected chi connectivity index (χ3v) is 1.91. The molecule has 14 heavy (non-hydrogen) atoms. The van der Waals surface area contributed by atoms with E-state index in [2.05, 4.69) is 0 Å². The van der Waals surface area contributed by atoms with Gasteiger partial charge in [0.2, 0.25) is 0 Å². The third-order valence-electron chi connectivity index (χ3n) is 1.91. The van der Waals surface area contributed by atoms with Gasteiger partial charge in [0, 0.05) is 0 Å². The van der Waals surface area contributed by atoms with Crippen molar-refractivity contribution in [2.75, 3.05) is 6.61 Å². The minimum Gasteiger partial charge on any atom is -0.478 e. The molecule has 3 nitrogen and oxygen atoms in total. The van der Waals surface area contributed by atoms with Gasteiger partial charge in [-0.2, -0.15) is 0 Å². The number of carboxylic acids is 1. The van der Waals surface area contributed by atoms with Crippen LogP contribution >= 0.6 is 0 Å². The van der Waals surface area contributed by atoms with E-state index in [1.807, 2.05) is 6.07 Å². The van der Waals surface area contributed by atoms with Crippen LogP contribution in [0.15, 0.2) is 24.3 Å². The Morgan fingerprint density at radius 1 is 1.50 bits per heavy atom. The maximum Gasteiger partial charge on any atom is 0.335 e. The summed E-state index contributed by atoms with van der Waals surface area (Å²) in [5, 5.41) is 17.4. The summed E-state index contributed by atoms with van der Waals surface area (Å²) < 4.78 is 0. The van der Waals surface area contributed by atoms with Gasteiger partial charge in [0.15, 0.2) is 0 Å². The number of aliphatic hydroxyl groups is 1. The fraction of sp³-hybridized carbons (Fsp3) is 0.182. The molecule has 0 fully saturated rings. The fourth-order valence-corrected chi connectivity index (χ4v) is 1.16. The summed E-state index contributed by atoms with van der Waals surface area (Å²) in [5.74, 6) is -0.929. The Bertz CT molecular complexity index is 367. The maximum absolute atomic E-state index is 10.8. The van der Waals surface area contributed by atoms with Crippen molar-refractivity contribution in [1.82, 2.24) is 0 Å². The number of rotatable bonds is 3. The summed E-state index contributed by atoms with van der Waals surface area (Å²) in [7, 11) is 0. The zero-order valence-corrected chi connectivity index (χ0v) is 7.90. The topological polar surface area (TPSA) is 57.5 Å². The number of aromatic carboxylic acids is 1. The standard InChI is InChI=1S/C11H12O3/c1-8-4-5-9(3-2-6-12)7-10(8)11(13)14/h2-5,7,12H,6H2,1H3,(H,13,14). The van der Waals surface area contributed by atoms with Crippen LogP contribution in [0, 0.1) is 6.92 Å². The highest BCUT2D eigenvalue weighted by Crippen LogP contribution is 2.12. The van der Waals surface area contributed by atoms with Crippen LogP contribution in [0.2, 0.25) is 0 Å². The van der Waals surface area contributed by atoms with E-state index in [1.165, 1.54) is 0 Å². The van der Waals surface area contributed by atoms with Crippen molar-refractivity contribution in [2.24, 2.45) is 0 Å². The number of carbonyl (C=O) groups is 1. The van der Waals surface area contributed by atoms with Crippen LogP contribution in [0.4, 0.5) is 0 Å². The number of hydrogen-bond acceptors (Lipinski definition) is 2. The lowest BCUT2D eigenvalue weighted by Gasteiger charge is -2.01. The largest absolute Gasteiger partial charge is 0.478 e. The monoisotopic (exact) mass is 192 g/mol. The Hall–Kier alpha value is -1.61. The summed E-state index contributed by atoms with van der Waals surface area (Å²) in [6.07, 6.45) is 3.25. The molecule has 0 spiro atoms. The van der Waals surface area contributed by atoms with Crippen LogP contribution in [-0.4, -0.2) is 22.8 Å². The summed E-state index contributed by atoms with van der Waals surface area (Å²) in [6, 6.07) is 5.15. The Balaban J connectivity index is 3.06. The van der Waals surface area contributed by atoms with Gasteiger partial charge in [0.05, 0.1) is 12.2 Å². The van der Waals surface area contributed by atoms with E-state index < -0.39 is 5.97 Å². The van der Waals surface area contributed by atoms with E-state index in [4.69, 9.17) is 10.2 Å². The normalized spacial score (nSPS) is 10.7. The Labute approximate surface area is 82.3 Å². The van der Waals surface area contributed by atoms with Crippen LogP contribution in [-0.2, 0) is 0 Å². The molecule has 0 aliphatic carbocycles. The Morgan fingerprint density at radius 3 is 2.79 bits per heavy atom. The van der Waals surface area contributed by atoms with Crippen molar-refractivity contribution < 1.29 is 15.0 Å². The van der Waals surface area contributed by atoms with E-state index in [0.717, 1.165) is 11.1 Å². The van der Waals surface area contributed by atoms with Gasteiger partial charge in [-0.3, -0.25) is 0 Å².